The lowest BCUT2D eigenvalue weighted by Gasteiger charge is -2.15. The second-order valence-electron chi connectivity index (χ2n) is 5.23. The van der Waals surface area contributed by atoms with Crippen LogP contribution in [0, 0.1) is 12.8 Å². The van der Waals surface area contributed by atoms with E-state index < -0.39 is 0 Å². The molecule has 0 saturated heterocycles. The molecule has 1 aliphatic rings. The molecule has 0 radical (unpaired) electrons. The quantitative estimate of drug-likeness (QED) is 0.804. The fourth-order valence-electron chi connectivity index (χ4n) is 2.16. The number of benzene rings is 1. The molecule has 1 aromatic rings. The minimum atomic E-state index is 0.123. The minimum absolute atomic E-state index is 0.123. The van der Waals surface area contributed by atoms with E-state index in [2.05, 4.69) is 36.5 Å². The zero-order chi connectivity index (χ0) is 13.0. The molecule has 3 heteroatoms. The lowest BCUT2D eigenvalue weighted by Crippen LogP contribution is -2.41. The average Bonchev–Trinajstić information content (AvgIpc) is 3.19. The molecule has 0 heterocycles. The standard InChI is InChI=1S/C15H22N2O/c1-11-2-4-12(5-3-11)6-9-15(18)17-14(10-16)13-7-8-13/h2-5,13-14H,6-10,16H2,1H3,(H,17,18). The fourth-order valence-corrected chi connectivity index (χ4v) is 2.16. The van der Waals surface area contributed by atoms with E-state index in [1.54, 1.807) is 0 Å². The normalized spacial score (nSPS) is 16.3. The van der Waals surface area contributed by atoms with Gasteiger partial charge in [-0.3, -0.25) is 4.79 Å². The van der Waals surface area contributed by atoms with Crippen LogP contribution < -0.4 is 11.1 Å². The highest BCUT2D eigenvalue weighted by molar-refractivity contribution is 5.76. The maximum absolute atomic E-state index is 11.8. The summed E-state index contributed by atoms with van der Waals surface area (Å²) in [6.45, 7) is 2.62. The number of nitrogens with one attached hydrogen (secondary N) is 1. The van der Waals surface area contributed by atoms with Gasteiger partial charge < -0.3 is 11.1 Å². The Bertz CT molecular complexity index is 395. The monoisotopic (exact) mass is 246 g/mol. The summed E-state index contributed by atoms with van der Waals surface area (Å²) < 4.78 is 0. The first-order chi connectivity index (χ1) is 8.69. The first-order valence-corrected chi connectivity index (χ1v) is 6.74. The van der Waals surface area contributed by atoms with E-state index >= 15 is 0 Å². The highest BCUT2D eigenvalue weighted by Crippen LogP contribution is 2.32. The molecule has 3 N–H and O–H groups in total. The summed E-state index contributed by atoms with van der Waals surface area (Å²) in [6, 6.07) is 8.53. The van der Waals surface area contributed by atoms with Crippen molar-refractivity contribution in [3.8, 4) is 0 Å². The van der Waals surface area contributed by atoms with E-state index in [1.165, 1.54) is 24.0 Å². The Labute approximate surface area is 109 Å². The molecule has 0 spiro atoms. The van der Waals surface area contributed by atoms with Crippen LogP contribution in [0.3, 0.4) is 0 Å². The summed E-state index contributed by atoms with van der Waals surface area (Å²) in [5.74, 6) is 0.747. The van der Waals surface area contributed by atoms with Crippen LogP contribution in [0.25, 0.3) is 0 Å². The third-order valence-electron chi connectivity index (χ3n) is 3.55. The Morgan fingerprint density at radius 1 is 1.39 bits per heavy atom. The van der Waals surface area contributed by atoms with Crippen molar-refractivity contribution in [3.63, 3.8) is 0 Å². The van der Waals surface area contributed by atoms with Gasteiger partial charge in [-0.2, -0.15) is 0 Å². The summed E-state index contributed by atoms with van der Waals surface area (Å²) in [7, 11) is 0. The molecule has 1 aliphatic carbocycles. The van der Waals surface area contributed by atoms with Crippen molar-refractivity contribution in [1.82, 2.24) is 5.32 Å². The molecule has 3 nitrogen and oxygen atoms in total. The minimum Gasteiger partial charge on any atom is -0.352 e. The van der Waals surface area contributed by atoms with Crippen molar-refractivity contribution in [2.45, 2.75) is 38.6 Å². The van der Waals surface area contributed by atoms with Crippen molar-refractivity contribution in [3.05, 3.63) is 35.4 Å². The number of hydrogen-bond acceptors (Lipinski definition) is 2. The number of carbonyl (C=O) groups excluding carboxylic acids is 1. The predicted molar refractivity (Wildman–Crippen MR) is 73.2 cm³/mol. The van der Waals surface area contributed by atoms with Gasteiger partial charge in [0.25, 0.3) is 0 Å². The first kappa shape index (κ1) is 13.1. The Morgan fingerprint density at radius 3 is 2.61 bits per heavy atom. The molecule has 1 fully saturated rings. The topological polar surface area (TPSA) is 55.1 Å². The van der Waals surface area contributed by atoms with Gasteiger partial charge in [0.1, 0.15) is 0 Å². The Balaban J connectivity index is 1.75. The summed E-state index contributed by atoms with van der Waals surface area (Å²) in [5.41, 5.74) is 8.14. The zero-order valence-corrected chi connectivity index (χ0v) is 11.0. The smallest absolute Gasteiger partial charge is 0.220 e. The summed E-state index contributed by atoms with van der Waals surface area (Å²) >= 11 is 0. The maximum Gasteiger partial charge on any atom is 0.220 e. The van der Waals surface area contributed by atoms with E-state index in [-0.39, 0.29) is 11.9 Å². The number of rotatable bonds is 6. The highest BCUT2D eigenvalue weighted by atomic mass is 16.1. The zero-order valence-electron chi connectivity index (χ0n) is 11.0. The van der Waals surface area contributed by atoms with E-state index in [0.717, 1.165) is 6.42 Å². The average molecular weight is 246 g/mol. The van der Waals surface area contributed by atoms with Crippen LogP contribution in [0.1, 0.15) is 30.4 Å². The van der Waals surface area contributed by atoms with Crippen LogP contribution in [-0.2, 0) is 11.2 Å². The largest absolute Gasteiger partial charge is 0.352 e. The number of aryl methyl sites for hydroxylation is 2. The number of amides is 1. The fraction of sp³-hybridized carbons (Fsp3) is 0.533. The molecule has 0 bridgehead atoms. The first-order valence-electron chi connectivity index (χ1n) is 6.74. The molecule has 18 heavy (non-hydrogen) atoms. The van der Waals surface area contributed by atoms with E-state index in [0.29, 0.717) is 18.9 Å². The van der Waals surface area contributed by atoms with Crippen LogP contribution in [0.5, 0.6) is 0 Å². The van der Waals surface area contributed by atoms with Crippen molar-refractivity contribution >= 4 is 5.91 Å². The van der Waals surface area contributed by atoms with Gasteiger partial charge in [0.15, 0.2) is 0 Å². The van der Waals surface area contributed by atoms with Gasteiger partial charge in [0.2, 0.25) is 5.91 Å². The lowest BCUT2D eigenvalue weighted by atomic mass is 10.1. The molecule has 1 amide bonds. The lowest BCUT2D eigenvalue weighted by molar-refractivity contribution is -0.121. The van der Waals surface area contributed by atoms with Gasteiger partial charge >= 0.3 is 0 Å². The third kappa shape index (κ3) is 3.84. The third-order valence-corrected chi connectivity index (χ3v) is 3.55. The van der Waals surface area contributed by atoms with Crippen molar-refractivity contribution < 1.29 is 4.79 Å². The van der Waals surface area contributed by atoms with Gasteiger partial charge in [0.05, 0.1) is 0 Å². The molecule has 1 saturated carbocycles. The van der Waals surface area contributed by atoms with Crippen LogP contribution in [-0.4, -0.2) is 18.5 Å². The van der Waals surface area contributed by atoms with Gasteiger partial charge in [-0.15, -0.1) is 0 Å². The van der Waals surface area contributed by atoms with Crippen molar-refractivity contribution in [1.29, 1.82) is 0 Å². The second-order valence-corrected chi connectivity index (χ2v) is 5.23. The van der Waals surface area contributed by atoms with Gasteiger partial charge in [0, 0.05) is 19.0 Å². The van der Waals surface area contributed by atoms with Crippen LogP contribution >= 0.6 is 0 Å². The molecular formula is C15H22N2O. The maximum atomic E-state index is 11.8. The van der Waals surface area contributed by atoms with Crippen molar-refractivity contribution in [2.24, 2.45) is 11.7 Å². The molecule has 98 valence electrons. The number of hydrogen-bond donors (Lipinski definition) is 2. The van der Waals surface area contributed by atoms with Crippen LogP contribution in [0.15, 0.2) is 24.3 Å². The molecular weight excluding hydrogens is 224 g/mol. The molecule has 1 unspecified atom stereocenters. The second kappa shape index (κ2) is 6.01. The van der Waals surface area contributed by atoms with Gasteiger partial charge in [-0.25, -0.2) is 0 Å². The van der Waals surface area contributed by atoms with E-state index in [4.69, 9.17) is 5.73 Å². The molecule has 2 rings (SSSR count). The molecule has 0 aromatic heterocycles. The van der Waals surface area contributed by atoms with E-state index in [9.17, 15) is 4.79 Å². The van der Waals surface area contributed by atoms with Gasteiger partial charge in [-0.1, -0.05) is 29.8 Å². The Hall–Kier alpha value is -1.35. The van der Waals surface area contributed by atoms with Crippen LogP contribution in [0.2, 0.25) is 0 Å². The van der Waals surface area contributed by atoms with Gasteiger partial charge in [-0.05, 0) is 37.7 Å². The highest BCUT2D eigenvalue weighted by Gasteiger charge is 2.30. The van der Waals surface area contributed by atoms with Crippen LogP contribution in [0.4, 0.5) is 0 Å². The van der Waals surface area contributed by atoms with E-state index in [1.807, 2.05) is 0 Å². The SMILES string of the molecule is Cc1ccc(CCC(=O)NC(CN)C2CC2)cc1. The molecule has 0 aliphatic heterocycles. The number of nitrogens with two attached hydrogens (primary N) is 1. The summed E-state index contributed by atoms with van der Waals surface area (Å²) in [6.07, 6.45) is 3.76. The summed E-state index contributed by atoms with van der Waals surface area (Å²) in [4.78, 5) is 11.8. The predicted octanol–water partition coefficient (Wildman–Crippen LogP) is 1.78. The Morgan fingerprint density at radius 2 is 2.06 bits per heavy atom. The molecule has 1 atom stereocenters. The summed E-state index contributed by atoms with van der Waals surface area (Å²) in [5, 5.41) is 3.05. The van der Waals surface area contributed by atoms with Crippen molar-refractivity contribution in [2.75, 3.05) is 6.54 Å². The number of carbonyl (C=O) groups is 1. The Kier molecular flexibility index (Phi) is 4.37. The molecule has 1 aromatic carbocycles.